The fraction of sp³-hybridized carbons (Fsp3) is 0.111. The van der Waals surface area contributed by atoms with Crippen molar-refractivity contribution in [3.63, 3.8) is 0 Å². The zero-order chi connectivity index (χ0) is 17.1. The van der Waals surface area contributed by atoms with Crippen LogP contribution in [0.3, 0.4) is 0 Å². The second-order valence-corrected chi connectivity index (χ2v) is 5.16. The number of rotatable bonds is 4. The number of nitrogens with one attached hydrogen (secondary N) is 1. The van der Waals surface area contributed by atoms with Crippen molar-refractivity contribution in [2.45, 2.75) is 6.92 Å². The van der Waals surface area contributed by atoms with Gasteiger partial charge in [-0.3, -0.25) is 9.59 Å². The number of Topliss-reactive ketones (excluding diaryl/α,β-unsaturated/α-hetero) is 1. The molecule has 1 amide bonds. The normalized spacial score (nSPS) is 10.4. The minimum atomic E-state index is -0.453. The molecule has 6 nitrogen and oxygen atoms in total. The Morgan fingerprint density at radius 1 is 1.00 bits per heavy atom. The van der Waals surface area contributed by atoms with Gasteiger partial charge < -0.3 is 10.1 Å². The van der Waals surface area contributed by atoms with Crippen LogP contribution in [-0.4, -0.2) is 28.8 Å². The lowest BCUT2D eigenvalue weighted by molar-refractivity contribution is 0.100. The van der Waals surface area contributed by atoms with Gasteiger partial charge in [0, 0.05) is 11.3 Å². The van der Waals surface area contributed by atoms with Gasteiger partial charge >= 0.3 is 0 Å². The summed E-state index contributed by atoms with van der Waals surface area (Å²) < 4.78 is 5.19. The van der Waals surface area contributed by atoms with Crippen LogP contribution < -0.4 is 10.1 Å². The van der Waals surface area contributed by atoms with E-state index in [1.54, 1.807) is 36.4 Å². The van der Waals surface area contributed by atoms with E-state index in [2.05, 4.69) is 15.3 Å². The van der Waals surface area contributed by atoms with Crippen LogP contribution >= 0.6 is 0 Å². The SMILES string of the molecule is COc1nc2ccccc2nc1C(=O)Nc1cccc(C(C)=O)c1. The molecule has 0 spiro atoms. The molecule has 3 aromatic rings. The van der Waals surface area contributed by atoms with E-state index in [0.717, 1.165) is 0 Å². The Morgan fingerprint density at radius 2 is 1.71 bits per heavy atom. The van der Waals surface area contributed by atoms with Crippen molar-refractivity contribution in [3.8, 4) is 5.88 Å². The number of aromatic nitrogens is 2. The zero-order valence-electron chi connectivity index (χ0n) is 13.2. The third-order valence-electron chi connectivity index (χ3n) is 3.47. The monoisotopic (exact) mass is 321 g/mol. The number of hydrogen-bond donors (Lipinski definition) is 1. The van der Waals surface area contributed by atoms with Crippen LogP contribution in [0.1, 0.15) is 27.8 Å². The van der Waals surface area contributed by atoms with Crippen LogP contribution in [-0.2, 0) is 0 Å². The second kappa shape index (κ2) is 6.45. The van der Waals surface area contributed by atoms with Gasteiger partial charge in [-0.05, 0) is 31.2 Å². The average Bonchev–Trinajstić information content (AvgIpc) is 2.60. The molecule has 1 aromatic heterocycles. The van der Waals surface area contributed by atoms with Crippen LogP contribution in [0, 0.1) is 0 Å². The molecule has 0 saturated carbocycles. The van der Waals surface area contributed by atoms with Crippen molar-refractivity contribution < 1.29 is 14.3 Å². The summed E-state index contributed by atoms with van der Waals surface area (Å²) >= 11 is 0. The largest absolute Gasteiger partial charge is 0.479 e. The van der Waals surface area contributed by atoms with Crippen molar-refractivity contribution in [2.24, 2.45) is 0 Å². The van der Waals surface area contributed by atoms with Gasteiger partial charge in [-0.25, -0.2) is 9.97 Å². The highest BCUT2D eigenvalue weighted by Crippen LogP contribution is 2.20. The highest BCUT2D eigenvalue weighted by molar-refractivity contribution is 6.06. The molecule has 0 saturated heterocycles. The van der Waals surface area contributed by atoms with Crippen molar-refractivity contribution >= 4 is 28.4 Å². The summed E-state index contributed by atoms with van der Waals surface area (Å²) in [5.74, 6) is -0.381. The summed E-state index contributed by atoms with van der Waals surface area (Å²) in [7, 11) is 1.44. The minimum absolute atomic E-state index is 0.0748. The van der Waals surface area contributed by atoms with E-state index in [0.29, 0.717) is 22.3 Å². The van der Waals surface area contributed by atoms with E-state index >= 15 is 0 Å². The number of methoxy groups -OCH3 is 1. The lowest BCUT2D eigenvalue weighted by atomic mass is 10.1. The van der Waals surface area contributed by atoms with Crippen LogP contribution in [0.25, 0.3) is 11.0 Å². The Kier molecular flexibility index (Phi) is 4.20. The maximum absolute atomic E-state index is 12.5. The summed E-state index contributed by atoms with van der Waals surface area (Å²) in [4.78, 5) is 32.6. The minimum Gasteiger partial charge on any atom is -0.479 e. The number of ketones is 1. The molecule has 1 heterocycles. The van der Waals surface area contributed by atoms with Gasteiger partial charge in [0.25, 0.3) is 5.91 Å². The van der Waals surface area contributed by atoms with Gasteiger partial charge in [0.2, 0.25) is 5.88 Å². The molecule has 0 atom stereocenters. The quantitative estimate of drug-likeness (QED) is 0.747. The van der Waals surface area contributed by atoms with Crippen molar-refractivity contribution in [2.75, 3.05) is 12.4 Å². The molecule has 120 valence electrons. The third-order valence-corrected chi connectivity index (χ3v) is 3.47. The molecule has 24 heavy (non-hydrogen) atoms. The topological polar surface area (TPSA) is 81.2 Å². The molecule has 0 aliphatic heterocycles. The number of para-hydroxylation sites is 2. The van der Waals surface area contributed by atoms with Crippen molar-refractivity contribution in [1.82, 2.24) is 9.97 Å². The number of hydrogen-bond acceptors (Lipinski definition) is 5. The molecular weight excluding hydrogens is 306 g/mol. The predicted molar refractivity (Wildman–Crippen MR) is 90.5 cm³/mol. The van der Waals surface area contributed by atoms with Crippen molar-refractivity contribution in [3.05, 3.63) is 59.8 Å². The summed E-state index contributed by atoms with van der Waals surface area (Å²) in [6.45, 7) is 1.47. The van der Waals surface area contributed by atoms with E-state index < -0.39 is 5.91 Å². The van der Waals surface area contributed by atoms with Gasteiger partial charge in [-0.1, -0.05) is 24.3 Å². The number of nitrogens with zero attached hydrogens (tertiary/aromatic N) is 2. The van der Waals surface area contributed by atoms with Crippen LogP contribution in [0.15, 0.2) is 48.5 Å². The smallest absolute Gasteiger partial charge is 0.279 e. The summed E-state index contributed by atoms with van der Waals surface area (Å²) in [6.07, 6.45) is 0. The average molecular weight is 321 g/mol. The fourth-order valence-electron chi connectivity index (χ4n) is 2.28. The fourth-order valence-corrected chi connectivity index (χ4v) is 2.28. The van der Waals surface area contributed by atoms with Gasteiger partial charge in [0.05, 0.1) is 18.1 Å². The molecule has 0 radical (unpaired) electrons. The van der Waals surface area contributed by atoms with E-state index in [9.17, 15) is 9.59 Å². The number of benzene rings is 2. The zero-order valence-corrected chi connectivity index (χ0v) is 13.2. The van der Waals surface area contributed by atoms with Gasteiger partial charge in [-0.15, -0.1) is 0 Å². The Bertz CT molecular complexity index is 938. The first-order chi connectivity index (χ1) is 11.6. The maximum Gasteiger partial charge on any atom is 0.279 e. The molecule has 2 aromatic carbocycles. The molecule has 0 aliphatic rings. The maximum atomic E-state index is 12.5. The summed E-state index contributed by atoms with van der Waals surface area (Å²) in [5.41, 5.74) is 2.35. The van der Waals surface area contributed by atoms with Crippen LogP contribution in [0.2, 0.25) is 0 Å². The van der Waals surface area contributed by atoms with Crippen LogP contribution in [0.5, 0.6) is 5.88 Å². The Labute approximate surface area is 138 Å². The second-order valence-electron chi connectivity index (χ2n) is 5.16. The van der Waals surface area contributed by atoms with Gasteiger partial charge in [-0.2, -0.15) is 0 Å². The molecular formula is C18H15N3O3. The standard InChI is InChI=1S/C18H15N3O3/c1-11(22)12-6-5-7-13(10-12)19-17(23)16-18(24-2)21-15-9-4-3-8-14(15)20-16/h3-10H,1-2H3,(H,19,23). The molecule has 3 rings (SSSR count). The number of carbonyl (C=O) groups is 2. The number of fused-ring (bicyclic) bond motifs is 1. The molecule has 0 unspecified atom stereocenters. The number of ether oxygens (including phenoxy) is 1. The number of carbonyl (C=O) groups excluding carboxylic acids is 2. The third kappa shape index (κ3) is 3.08. The Hall–Kier alpha value is -3.28. The Balaban J connectivity index is 1.96. The highest BCUT2D eigenvalue weighted by Gasteiger charge is 2.17. The first-order valence-corrected chi connectivity index (χ1v) is 7.31. The molecule has 0 fully saturated rings. The van der Waals surface area contributed by atoms with E-state index in [1.807, 2.05) is 12.1 Å². The van der Waals surface area contributed by atoms with E-state index in [1.165, 1.54) is 14.0 Å². The lowest BCUT2D eigenvalue weighted by Crippen LogP contribution is -2.16. The molecule has 0 aliphatic carbocycles. The highest BCUT2D eigenvalue weighted by atomic mass is 16.5. The van der Waals surface area contributed by atoms with E-state index in [4.69, 9.17) is 4.74 Å². The molecule has 1 N–H and O–H groups in total. The van der Waals surface area contributed by atoms with E-state index in [-0.39, 0.29) is 17.4 Å². The molecule has 0 bridgehead atoms. The van der Waals surface area contributed by atoms with Crippen LogP contribution in [0.4, 0.5) is 5.69 Å². The van der Waals surface area contributed by atoms with Gasteiger partial charge in [0.1, 0.15) is 0 Å². The Morgan fingerprint density at radius 3 is 2.38 bits per heavy atom. The molecule has 6 heteroatoms. The lowest BCUT2D eigenvalue weighted by Gasteiger charge is -2.09. The predicted octanol–water partition coefficient (Wildman–Crippen LogP) is 3.09. The summed E-state index contributed by atoms with van der Waals surface area (Å²) in [6, 6.07) is 13.9. The van der Waals surface area contributed by atoms with Crippen molar-refractivity contribution in [1.29, 1.82) is 0 Å². The number of amides is 1. The first kappa shape index (κ1) is 15.6. The summed E-state index contributed by atoms with van der Waals surface area (Å²) in [5, 5.41) is 2.72. The first-order valence-electron chi connectivity index (χ1n) is 7.31. The van der Waals surface area contributed by atoms with Gasteiger partial charge in [0.15, 0.2) is 11.5 Å². The number of anilines is 1.